The van der Waals surface area contributed by atoms with Gasteiger partial charge >= 0.3 is 0 Å². The molecule has 0 radical (unpaired) electrons. The average molecular weight is 267 g/mol. The van der Waals surface area contributed by atoms with Gasteiger partial charge in [0.15, 0.2) is 0 Å². The van der Waals surface area contributed by atoms with Gasteiger partial charge in [-0.05, 0) is 51.0 Å². The first-order chi connectivity index (χ1) is 8.58. The van der Waals surface area contributed by atoms with Crippen molar-refractivity contribution in [2.24, 2.45) is 0 Å². The summed E-state index contributed by atoms with van der Waals surface area (Å²) in [4.78, 5) is 15.1. The van der Waals surface area contributed by atoms with E-state index in [9.17, 15) is 9.18 Å². The lowest BCUT2D eigenvalue weighted by Gasteiger charge is -2.26. The van der Waals surface area contributed by atoms with Crippen molar-refractivity contribution >= 4 is 17.7 Å². The fourth-order valence-electron chi connectivity index (χ4n) is 2.02. The van der Waals surface area contributed by atoms with E-state index < -0.39 is 0 Å². The van der Waals surface area contributed by atoms with Crippen LogP contribution in [0, 0.1) is 5.82 Å². The molecule has 0 saturated heterocycles. The second-order valence-electron chi connectivity index (χ2n) is 4.87. The molecular formula is C14H18FNOS. The molecule has 1 aromatic rings. The van der Waals surface area contributed by atoms with Gasteiger partial charge in [-0.1, -0.05) is 0 Å². The van der Waals surface area contributed by atoms with Crippen LogP contribution in [0.25, 0.3) is 0 Å². The smallest absolute Gasteiger partial charge is 0.233 e. The summed E-state index contributed by atoms with van der Waals surface area (Å²) in [5, 5.41) is 0. The molecule has 18 heavy (non-hydrogen) atoms. The van der Waals surface area contributed by atoms with E-state index >= 15 is 0 Å². The molecule has 0 spiro atoms. The van der Waals surface area contributed by atoms with E-state index in [0.29, 0.717) is 11.8 Å². The molecule has 2 nitrogen and oxygen atoms in total. The summed E-state index contributed by atoms with van der Waals surface area (Å²) < 4.78 is 12.7. The van der Waals surface area contributed by atoms with Crippen molar-refractivity contribution in [1.29, 1.82) is 0 Å². The zero-order valence-electron chi connectivity index (χ0n) is 10.7. The largest absolute Gasteiger partial charge is 0.337 e. The third-order valence-corrected chi connectivity index (χ3v) is 3.96. The van der Waals surface area contributed by atoms with Crippen molar-refractivity contribution in [1.82, 2.24) is 4.90 Å². The normalized spacial score (nSPS) is 14.9. The molecule has 1 amide bonds. The lowest BCUT2D eigenvalue weighted by molar-refractivity contribution is -0.130. The standard InChI is InChI=1S/C14H18FNOS/c1-10(2)16(12-5-6-12)14(17)9-18-13-7-3-11(15)4-8-13/h3-4,7-8,10,12H,5-6,9H2,1-2H3. The van der Waals surface area contributed by atoms with E-state index in [4.69, 9.17) is 0 Å². The van der Waals surface area contributed by atoms with Crippen LogP contribution in [0.5, 0.6) is 0 Å². The predicted octanol–water partition coefficient (Wildman–Crippen LogP) is 3.32. The molecule has 98 valence electrons. The Hall–Kier alpha value is -1.03. The lowest BCUT2D eigenvalue weighted by atomic mass is 10.3. The highest BCUT2D eigenvalue weighted by Gasteiger charge is 2.33. The number of hydrogen-bond donors (Lipinski definition) is 0. The van der Waals surface area contributed by atoms with Gasteiger partial charge < -0.3 is 4.90 Å². The SMILES string of the molecule is CC(C)N(C(=O)CSc1ccc(F)cc1)C1CC1. The van der Waals surface area contributed by atoms with Crippen molar-refractivity contribution in [2.45, 2.75) is 43.7 Å². The Balaban J connectivity index is 1.88. The minimum Gasteiger partial charge on any atom is -0.337 e. The van der Waals surface area contributed by atoms with E-state index in [0.717, 1.165) is 17.7 Å². The molecule has 1 fully saturated rings. The zero-order valence-corrected chi connectivity index (χ0v) is 11.5. The predicted molar refractivity (Wildman–Crippen MR) is 72.1 cm³/mol. The fraction of sp³-hybridized carbons (Fsp3) is 0.500. The summed E-state index contributed by atoms with van der Waals surface area (Å²) in [6.07, 6.45) is 2.26. The second-order valence-corrected chi connectivity index (χ2v) is 5.92. The lowest BCUT2D eigenvalue weighted by Crippen LogP contribution is -2.39. The van der Waals surface area contributed by atoms with Crippen LogP contribution in [0.2, 0.25) is 0 Å². The van der Waals surface area contributed by atoms with E-state index in [2.05, 4.69) is 13.8 Å². The number of halogens is 1. The maximum absolute atomic E-state index is 12.7. The summed E-state index contributed by atoms with van der Waals surface area (Å²) in [6, 6.07) is 6.99. The van der Waals surface area contributed by atoms with Crippen molar-refractivity contribution in [3.63, 3.8) is 0 Å². The Morgan fingerprint density at radius 1 is 1.39 bits per heavy atom. The topological polar surface area (TPSA) is 20.3 Å². The van der Waals surface area contributed by atoms with Gasteiger partial charge in [-0.3, -0.25) is 4.79 Å². The van der Waals surface area contributed by atoms with Gasteiger partial charge in [-0.15, -0.1) is 11.8 Å². The van der Waals surface area contributed by atoms with Gasteiger partial charge in [-0.2, -0.15) is 0 Å². The van der Waals surface area contributed by atoms with Crippen molar-refractivity contribution in [3.8, 4) is 0 Å². The van der Waals surface area contributed by atoms with Crippen LogP contribution in [0.1, 0.15) is 26.7 Å². The summed E-state index contributed by atoms with van der Waals surface area (Å²) in [5.41, 5.74) is 0. The summed E-state index contributed by atoms with van der Waals surface area (Å²) in [5.74, 6) is 0.370. The first-order valence-corrected chi connectivity index (χ1v) is 7.26. The molecule has 1 aromatic carbocycles. The molecule has 4 heteroatoms. The van der Waals surface area contributed by atoms with Crippen molar-refractivity contribution < 1.29 is 9.18 Å². The van der Waals surface area contributed by atoms with Crippen LogP contribution >= 0.6 is 11.8 Å². The fourth-order valence-corrected chi connectivity index (χ4v) is 2.78. The first-order valence-electron chi connectivity index (χ1n) is 6.27. The Labute approximate surface area is 112 Å². The Kier molecular flexibility index (Phi) is 4.27. The molecule has 0 N–H and O–H groups in total. The van der Waals surface area contributed by atoms with Gasteiger partial charge in [0.05, 0.1) is 5.75 Å². The molecule has 1 aliphatic rings. The number of carbonyl (C=O) groups excluding carboxylic acids is 1. The van der Waals surface area contributed by atoms with Crippen LogP contribution in [-0.2, 0) is 4.79 Å². The number of benzene rings is 1. The summed E-state index contributed by atoms with van der Waals surface area (Å²) >= 11 is 1.47. The number of amides is 1. The Morgan fingerprint density at radius 3 is 2.50 bits per heavy atom. The summed E-state index contributed by atoms with van der Waals surface area (Å²) in [7, 11) is 0. The maximum atomic E-state index is 12.7. The van der Waals surface area contributed by atoms with E-state index in [1.807, 2.05) is 4.90 Å². The van der Waals surface area contributed by atoms with Crippen LogP contribution in [0.4, 0.5) is 4.39 Å². The average Bonchev–Trinajstić information content (AvgIpc) is 3.12. The van der Waals surface area contributed by atoms with Crippen LogP contribution in [-0.4, -0.2) is 28.6 Å². The zero-order chi connectivity index (χ0) is 13.1. The Bertz CT molecular complexity index is 412. The van der Waals surface area contributed by atoms with Crippen LogP contribution < -0.4 is 0 Å². The third kappa shape index (κ3) is 3.48. The number of nitrogens with zero attached hydrogens (tertiary/aromatic N) is 1. The summed E-state index contributed by atoms with van der Waals surface area (Å²) in [6.45, 7) is 4.11. The molecule has 1 saturated carbocycles. The first kappa shape index (κ1) is 13.4. The number of thioether (sulfide) groups is 1. The van der Waals surface area contributed by atoms with Gasteiger partial charge in [-0.25, -0.2) is 4.39 Å². The molecule has 0 heterocycles. The van der Waals surface area contributed by atoms with E-state index in [1.165, 1.54) is 23.9 Å². The maximum Gasteiger partial charge on any atom is 0.233 e. The second kappa shape index (κ2) is 5.74. The van der Waals surface area contributed by atoms with Gasteiger partial charge in [0.1, 0.15) is 5.82 Å². The highest BCUT2D eigenvalue weighted by atomic mass is 32.2. The van der Waals surface area contributed by atoms with Gasteiger partial charge in [0.25, 0.3) is 0 Å². The van der Waals surface area contributed by atoms with E-state index in [-0.39, 0.29) is 17.8 Å². The van der Waals surface area contributed by atoms with Crippen molar-refractivity contribution in [2.75, 3.05) is 5.75 Å². The van der Waals surface area contributed by atoms with Crippen LogP contribution in [0.15, 0.2) is 29.2 Å². The monoisotopic (exact) mass is 267 g/mol. The van der Waals surface area contributed by atoms with E-state index in [1.54, 1.807) is 12.1 Å². The molecule has 1 aliphatic carbocycles. The molecule has 0 atom stereocenters. The molecule has 0 aliphatic heterocycles. The minimum atomic E-state index is -0.243. The number of hydrogen-bond acceptors (Lipinski definition) is 2. The highest BCUT2D eigenvalue weighted by molar-refractivity contribution is 8.00. The number of carbonyl (C=O) groups is 1. The third-order valence-electron chi connectivity index (χ3n) is 2.96. The molecule has 0 bridgehead atoms. The molecule has 0 aromatic heterocycles. The van der Waals surface area contributed by atoms with Gasteiger partial charge in [0.2, 0.25) is 5.91 Å². The van der Waals surface area contributed by atoms with Crippen LogP contribution in [0.3, 0.4) is 0 Å². The quantitative estimate of drug-likeness (QED) is 0.763. The number of rotatable bonds is 5. The molecular weight excluding hydrogens is 249 g/mol. The van der Waals surface area contributed by atoms with Crippen molar-refractivity contribution in [3.05, 3.63) is 30.1 Å². The molecule has 2 rings (SSSR count). The van der Waals surface area contributed by atoms with Gasteiger partial charge in [0, 0.05) is 17.0 Å². The highest BCUT2D eigenvalue weighted by Crippen LogP contribution is 2.30. The minimum absolute atomic E-state index is 0.182. The molecule has 0 unspecified atom stereocenters. The Morgan fingerprint density at radius 2 is 2.00 bits per heavy atom.